The Kier molecular flexibility index (Phi) is 7.08. The normalized spacial score (nSPS) is 19.1. The molecule has 4 rings (SSSR count). The molecule has 1 aliphatic carbocycles. The van der Waals surface area contributed by atoms with Crippen LogP contribution < -0.4 is 14.8 Å². The fraction of sp³-hybridized carbons (Fsp3) is 0.357. The van der Waals surface area contributed by atoms with Crippen molar-refractivity contribution in [1.82, 2.24) is 5.32 Å². The molecule has 1 N–H and O–H groups in total. The SMILES string of the molecule is COc1cc(Br)c(C2C(C(=O)OCc3ccccc3)=C(C)NC3=C2C(=O)CC(C)(C)C3)cc1OC. The molecule has 0 aromatic heterocycles. The third kappa shape index (κ3) is 5.01. The van der Waals surface area contributed by atoms with Crippen molar-refractivity contribution in [3.05, 3.63) is 80.6 Å². The third-order valence-corrected chi connectivity index (χ3v) is 7.17. The smallest absolute Gasteiger partial charge is 0.337 e. The number of ether oxygens (including phenoxy) is 3. The quantitative estimate of drug-likeness (QED) is 0.466. The van der Waals surface area contributed by atoms with Crippen molar-refractivity contribution in [3.63, 3.8) is 0 Å². The van der Waals surface area contributed by atoms with Crippen LogP contribution in [0.1, 0.15) is 50.7 Å². The standard InChI is InChI=1S/C28H30BrNO5/c1-16-24(27(32)35-15-17-9-7-6-8-10-17)25(18-11-22(33-4)23(34-5)12-19(18)29)26-20(30-16)13-28(2,3)14-21(26)31/h6-12,25,30H,13-15H2,1-5H3. The summed E-state index contributed by atoms with van der Waals surface area (Å²) < 4.78 is 17.5. The first-order valence-corrected chi connectivity index (χ1v) is 12.3. The summed E-state index contributed by atoms with van der Waals surface area (Å²) in [6.07, 6.45) is 1.11. The van der Waals surface area contributed by atoms with Crippen molar-refractivity contribution in [1.29, 1.82) is 0 Å². The van der Waals surface area contributed by atoms with E-state index in [9.17, 15) is 9.59 Å². The monoisotopic (exact) mass is 539 g/mol. The highest BCUT2D eigenvalue weighted by Gasteiger charge is 2.44. The van der Waals surface area contributed by atoms with E-state index in [2.05, 4.69) is 35.1 Å². The summed E-state index contributed by atoms with van der Waals surface area (Å²) in [5.74, 6) is 0.0271. The number of allylic oxidation sites excluding steroid dienone is 3. The van der Waals surface area contributed by atoms with Gasteiger partial charge in [0.2, 0.25) is 0 Å². The van der Waals surface area contributed by atoms with Crippen LogP contribution >= 0.6 is 15.9 Å². The van der Waals surface area contributed by atoms with Crippen LogP contribution in [0.3, 0.4) is 0 Å². The largest absolute Gasteiger partial charge is 0.493 e. The van der Waals surface area contributed by atoms with Crippen molar-refractivity contribution in [2.45, 2.75) is 46.1 Å². The van der Waals surface area contributed by atoms with E-state index in [1.54, 1.807) is 20.3 Å². The number of rotatable bonds is 6. The van der Waals surface area contributed by atoms with E-state index in [1.807, 2.05) is 43.3 Å². The van der Waals surface area contributed by atoms with E-state index in [0.29, 0.717) is 45.7 Å². The van der Waals surface area contributed by atoms with E-state index in [1.165, 1.54) is 0 Å². The number of methoxy groups -OCH3 is 2. The van der Waals surface area contributed by atoms with Gasteiger partial charge >= 0.3 is 5.97 Å². The van der Waals surface area contributed by atoms with Crippen molar-refractivity contribution < 1.29 is 23.8 Å². The van der Waals surface area contributed by atoms with Crippen LogP contribution in [0.2, 0.25) is 0 Å². The molecular formula is C28H30BrNO5. The Labute approximate surface area is 214 Å². The second-order valence-electron chi connectivity index (χ2n) is 9.72. The van der Waals surface area contributed by atoms with Crippen LogP contribution in [0.25, 0.3) is 0 Å². The minimum Gasteiger partial charge on any atom is -0.493 e. The number of dihydropyridines is 1. The van der Waals surface area contributed by atoms with Gasteiger partial charge in [0.05, 0.1) is 19.8 Å². The molecule has 2 aromatic rings. The lowest BCUT2D eigenvalue weighted by molar-refractivity contribution is -0.140. The highest BCUT2D eigenvalue weighted by Crippen LogP contribution is 2.49. The molecule has 0 saturated heterocycles. The fourth-order valence-electron chi connectivity index (χ4n) is 4.91. The molecule has 2 aromatic carbocycles. The van der Waals surface area contributed by atoms with Gasteiger partial charge in [0.1, 0.15) is 6.61 Å². The van der Waals surface area contributed by atoms with Gasteiger partial charge in [-0.1, -0.05) is 60.1 Å². The molecule has 184 valence electrons. The summed E-state index contributed by atoms with van der Waals surface area (Å²) in [6, 6.07) is 13.2. The Morgan fingerprint density at radius 3 is 2.40 bits per heavy atom. The van der Waals surface area contributed by atoms with Crippen LogP contribution in [-0.4, -0.2) is 26.0 Å². The first-order chi connectivity index (χ1) is 16.6. The van der Waals surface area contributed by atoms with Crippen molar-refractivity contribution in [2.24, 2.45) is 5.41 Å². The number of Topliss-reactive ketones (excluding diaryl/α,β-unsaturated/α-hetero) is 1. The Morgan fingerprint density at radius 2 is 1.74 bits per heavy atom. The molecule has 1 unspecified atom stereocenters. The Morgan fingerprint density at radius 1 is 1.09 bits per heavy atom. The second-order valence-corrected chi connectivity index (χ2v) is 10.6. The zero-order valence-electron chi connectivity index (χ0n) is 20.7. The topological polar surface area (TPSA) is 73.9 Å². The van der Waals surface area contributed by atoms with Crippen LogP contribution in [0.4, 0.5) is 0 Å². The van der Waals surface area contributed by atoms with Crippen molar-refractivity contribution in [3.8, 4) is 11.5 Å². The summed E-state index contributed by atoms with van der Waals surface area (Å²) in [7, 11) is 3.13. The number of nitrogens with one attached hydrogen (secondary N) is 1. The first-order valence-electron chi connectivity index (χ1n) is 11.5. The molecule has 0 amide bonds. The molecule has 0 spiro atoms. The Hall–Kier alpha value is -3.06. The Balaban J connectivity index is 1.82. The summed E-state index contributed by atoms with van der Waals surface area (Å²) in [5.41, 5.74) is 4.02. The van der Waals surface area contributed by atoms with Gasteiger partial charge in [-0.25, -0.2) is 4.79 Å². The minimum atomic E-state index is -0.604. The molecule has 0 bridgehead atoms. The lowest BCUT2D eigenvalue weighted by Gasteiger charge is -2.39. The molecule has 6 nitrogen and oxygen atoms in total. The maximum absolute atomic E-state index is 13.5. The summed E-state index contributed by atoms with van der Waals surface area (Å²) in [5, 5.41) is 3.37. The lowest BCUT2D eigenvalue weighted by Crippen LogP contribution is -2.38. The summed E-state index contributed by atoms with van der Waals surface area (Å²) >= 11 is 3.65. The second kappa shape index (κ2) is 9.90. The fourth-order valence-corrected chi connectivity index (χ4v) is 5.46. The lowest BCUT2D eigenvalue weighted by atomic mass is 9.68. The number of hydrogen-bond donors (Lipinski definition) is 1. The van der Waals surface area contributed by atoms with Crippen molar-refractivity contribution >= 4 is 27.7 Å². The van der Waals surface area contributed by atoms with Crippen LogP contribution in [-0.2, 0) is 20.9 Å². The Bertz CT molecular complexity index is 1230. The highest BCUT2D eigenvalue weighted by molar-refractivity contribution is 9.10. The number of halogens is 1. The summed E-state index contributed by atoms with van der Waals surface area (Å²) in [6.45, 7) is 6.17. The number of benzene rings is 2. The van der Waals surface area contributed by atoms with Gasteiger partial charge in [-0.15, -0.1) is 0 Å². The number of carbonyl (C=O) groups is 2. The molecule has 1 aliphatic heterocycles. The average Bonchev–Trinajstić information content (AvgIpc) is 2.81. The van der Waals surface area contributed by atoms with Gasteiger partial charge in [0, 0.05) is 33.8 Å². The van der Waals surface area contributed by atoms with Gasteiger partial charge < -0.3 is 19.5 Å². The zero-order chi connectivity index (χ0) is 25.3. The molecule has 0 radical (unpaired) electrons. The molecule has 0 fully saturated rings. The van der Waals surface area contributed by atoms with E-state index >= 15 is 0 Å². The van der Waals surface area contributed by atoms with Crippen LogP contribution in [0, 0.1) is 5.41 Å². The predicted molar refractivity (Wildman–Crippen MR) is 137 cm³/mol. The predicted octanol–water partition coefficient (Wildman–Crippen LogP) is 5.81. The first kappa shape index (κ1) is 25.0. The van der Waals surface area contributed by atoms with E-state index in [4.69, 9.17) is 14.2 Å². The van der Waals surface area contributed by atoms with Gasteiger partial charge in [0.15, 0.2) is 17.3 Å². The number of hydrogen-bond acceptors (Lipinski definition) is 6. The molecule has 1 atom stereocenters. The van der Waals surface area contributed by atoms with Crippen molar-refractivity contribution in [2.75, 3.05) is 14.2 Å². The van der Waals surface area contributed by atoms with E-state index in [-0.39, 0.29) is 17.8 Å². The number of carbonyl (C=O) groups excluding carboxylic acids is 2. The highest BCUT2D eigenvalue weighted by atomic mass is 79.9. The zero-order valence-corrected chi connectivity index (χ0v) is 22.2. The molecule has 2 aliphatic rings. The van der Waals surface area contributed by atoms with Gasteiger partial charge in [-0.05, 0) is 42.0 Å². The number of ketones is 1. The van der Waals surface area contributed by atoms with Crippen LogP contribution in [0.5, 0.6) is 11.5 Å². The minimum absolute atomic E-state index is 0.0243. The van der Waals surface area contributed by atoms with E-state index < -0.39 is 11.9 Å². The third-order valence-electron chi connectivity index (χ3n) is 6.49. The molecule has 35 heavy (non-hydrogen) atoms. The summed E-state index contributed by atoms with van der Waals surface area (Å²) in [4.78, 5) is 27.1. The average molecular weight is 540 g/mol. The number of esters is 1. The molecule has 0 saturated carbocycles. The van der Waals surface area contributed by atoms with Gasteiger partial charge in [-0.3, -0.25) is 4.79 Å². The molecular weight excluding hydrogens is 510 g/mol. The maximum Gasteiger partial charge on any atom is 0.337 e. The van der Waals surface area contributed by atoms with E-state index in [0.717, 1.165) is 16.8 Å². The molecule has 7 heteroatoms. The van der Waals surface area contributed by atoms with Gasteiger partial charge in [0.25, 0.3) is 0 Å². The molecule has 1 heterocycles. The maximum atomic E-state index is 13.5. The van der Waals surface area contributed by atoms with Gasteiger partial charge in [-0.2, -0.15) is 0 Å². The van der Waals surface area contributed by atoms with Crippen LogP contribution in [0.15, 0.2) is 69.5 Å².